The highest BCUT2D eigenvalue weighted by molar-refractivity contribution is 8.00. The third-order valence-corrected chi connectivity index (χ3v) is 8.17. The van der Waals surface area contributed by atoms with E-state index in [2.05, 4.69) is 33.2 Å². The van der Waals surface area contributed by atoms with E-state index in [9.17, 15) is 33.6 Å². The van der Waals surface area contributed by atoms with Gasteiger partial charge in [-0.1, -0.05) is 25.1 Å². The minimum atomic E-state index is -1.11. The van der Waals surface area contributed by atoms with Gasteiger partial charge in [-0.3, -0.25) is 28.9 Å². The van der Waals surface area contributed by atoms with Crippen LogP contribution in [0.4, 0.5) is 15.3 Å². The third-order valence-electron chi connectivity index (χ3n) is 7.23. The SMILES string of the molecule is C=C(C)[C@H](NC(=O)CCCCCN1C(=O)CC(SC)C1=O)C(=O)N[C@@H](CCCNC(N)=O)C(=O)Nc1ccc(COC(=O)NC)cc1. The number of nitrogens with one attached hydrogen (secondary N) is 5. The van der Waals surface area contributed by atoms with Crippen molar-refractivity contribution in [1.29, 1.82) is 0 Å². The summed E-state index contributed by atoms with van der Waals surface area (Å²) < 4.78 is 5.00. The van der Waals surface area contributed by atoms with Crippen molar-refractivity contribution in [1.82, 2.24) is 26.2 Å². The number of urea groups is 1. The molecule has 7 N–H and O–H groups in total. The second-order valence-electron chi connectivity index (χ2n) is 11.0. The number of nitrogens with two attached hydrogens (primary N) is 1. The third kappa shape index (κ3) is 13.3. The molecule has 0 aromatic heterocycles. The van der Waals surface area contributed by atoms with E-state index < -0.39 is 41.9 Å². The minimum absolute atomic E-state index is 0.0345. The Morgan fingerprint density at radius 1 is 1.04 bits per heavy atom. The molecule has 0 aliphatic carbocycles. The van der Waals surface area contributed by atoms with Crippen molar-refractivity contribution >= 4 is 59.1 Å². The average Bonchev–Trinajstić information content (AvgIpc) is 3.31. The fourth-order valence-corrected chi connectivity index (χ4v) is 5.26. The van der Waals surface area contributed by atoms with Crippen LogP contribution in [0.5, 0.6) is 0 Å². The zero-order chi connectivity index (χ0) is 34.9. The molecule has 16 heteroatoms. The second-order valence-corrected chi connectivity index (χ2v) is 12.0. The number of likely N-dealkylation sites (tertiary alicyclic amines) is 1. The summed E-state index contributed by atoms with van der Waals surface area (Å²) in [6, 6.07) is 3.71. The zero-order valence-corrected chi connectivity index (χ0v) is 27.8. The number of amides is 8. The number of nitrogens with zero attached hydrogens (tertiary/aromatic N) is 1. The number of carbonyl (C=O) groups excluding carboxylic acids is 7. The van der Waals surface area contributed by atoms with Crippen LogP contribution < -0.4 is 32.3 Å². The number of hydrogen-bond donors (Lipinski definition) is 6. The maximum absolute atomic E-state index is 13.3. The summed E-state index contributed by atoms with van der Waals surface area (Å²) in [5.41, 5.74) is 6.60. The first-order chi connectivity index (χ1) is 22.4. The number of thioether (sulfide) groups is 1. The number of ether oxygens (including phenoxy) is 1. The molecule has 1 unspecified atom stereocenters. The first kappa shape index (κ1) is 38.6. The molecule has 1 aliphatic heterocycles. The number of hydrogen-bond acceptors (Lipinski definition) is 9. The molecule has 1 heterocycles. The van der Waals surface area contributed by atoms with Gasteiger partial charge in [-0.2, -0.15) is 11.8 Å². The summed E-state index contributed by atoms with van der Waals surface area (Å²) >= 11 is 1.36. The fourth-order valence-electron chi connectivity index (χ4n) is 4.63. The van der Waals surface area contributed by atoms with Crippen LogP contribution in [0.15, 0.2) is 36.4 Å². The molecule has 0 radical (unpaired) electrons. The molecular formula is C31H45N7O8S. The molecule has 47 heavy (non-hydrogen) atoms. The second kappa shape index (κ2) is 19.8. The van der Waals surface area contributed by atoms with Crippen LogP contribution in [0.25, 0.3) is 0 Å². The van der Waals surface area contributed by atoms with Crippen molar-refractivity contribution < 1.29 is 38.3 Å². The van der Waals surface area contributed by atoms with Crippen molar-refractivity contribution in [2.24, 2.45) is 5.73 Å². The van der Waals surface area contributed by atoms with E-state index in [1.165, 1.54) is 23.7 Å². The van der Waals surface area contributed by atoms with Crippen molar-refractivity contribution in [3.05, 3.63) is 42.0 Å². The van der Waals surface area contributed by atoms with E-state index in [0.29, 0.717) is 49.1 Å². The standard InChI is InChI=1S/C31H45N7O8S/c1-19(2)26(37-24(39)10-6-5-7-16-38-25(40)17-23(47-4)29(38)43)28(42)36-22(9-8-15-34-30(32)44)27(41)35-21-13-11-20(12-14-21)18-46-31(45)33-3/h11-14,22-23,26H,1,5-10,15-18H2,2-4H3,(H,33,45)(H,35,41)(H,36,42)(H,37,39)(H3,32,34,44)/t22-,23?,26-/m0/s1. The Kier molecular flexibility index (Phi) is 16.3. The molecule has 1 aliphatic rings. The monoisotopic (exact) mass is 675 g/mol. The lowest BCUT2D eigenvalue weighted by atomic mass is 10.1. The Bertz CT molecular complexity index is 1310. The first-order valence-corrected chi connectivity index (χ1v) is 16.5. The van der Waals surface area contributed by atoms with E-state index in [4.69, 9.17) is 10.5 Å². The molecule has 1 aromatic rings. The van der Waals surface area contributed by atoms with Gasteiger partial charge < -0.3 is 37.1 Å². The van der Waals surface area contributed by atoms with Gasteiger partial charge in [-0.05, 0) is 62.1 Å². The largest absolute Gasteiger partial charge is 0.445 e. The minimum Gasteiger partial charge on any atom is -0.445 e. The topological polar surface area (TPSA) is 218 Å². The lowest BCUT2D eigenvalue weighted by Gasteiger charge is -2.23. The zero-order valence-electron chi connectivity index (χ0n) is 27.0. The lowest BCUT2D eigenvalue weighted by molar-refractivity contribution is -0.138. The predicted octanol–water partition coefficient (Wildman–Crippen LogP) is 1.53. The Labute approximate surface area is 278 Å². The van der Waals surface area contributed by atoms with Crippen LogP contribution in [0.3, 0.4) is 0 Å². The van der Waals surface area contributed by atoms with Gasteiger partial charge in [0.25, 0.3) is 0 Å². The molecule has 0 bridgehead atoms. The van der Waals surface area contributed by atoms with E-state index in [1.807, 2.05) is 0 Å². The molecule has 258 valence electrons. The van der Waals surface area contributed by atoms with Gasteiger partial charge in [0, 0.05) is 38.7 Å². The number of alkyl carbamates (subject to hydrolysis) is 1. The van der Waals surface area contributed by atoms with Crippen molar-refractivity contribution in [3.63, 3.8) is 0 Å². The molecular weight excluding hydrogens is 630 g/mol. The van der Waals surface area contributed by atoms with Gasteiger partial charge >= 0.3 is 12.1 Å². The van der Waals surface area contributed by atoms with Gasteiger partial charge in [0.1, 0.15) is 18.7 Å². The van der Waals surface area contributed by atoms with Gasteiger partial charge in [0.15, 0.2) is 0 Å². The molecule has 15 nitrogen and oxygen atoms in total. The Hall–Kier alpha value is -4.60. The molecule has 8 amide bonds. The number of anilines is 1. The summed E-state index contributed by atoms with van der Waals surface area (Å²) in [5.74, 6) is -1.91. The first-order valence-electron chi connectivity index (χ1n) is 15.3. The Balaban J connectivity index is 1.94. The summed E-state index contributed by atoms with van der Waals surface area (Å²) in [4.78, 5) is 87.2. The Morgan fingerprint density at radius 3 is 2.34 bits per heavy atom. The summed E-state index contributed by atoms with van der Waals surface area (Å²) in [6.07, 6.45) is 3.64. The molecule has 0 spiro atoms. The quantitative estimate of drug-likeness (QED) is 0.0711. The van der Waals surface area contributed by atoms with Crippen LogP contribution in [0, 0.1) is 0 Å². The summed E-state index contributed by atoms with van der Waals surface area (Å²) in [7, 11) is 1.45. The number of unbranched alkanes of at least 4 members (excludes halogenated alkanes) is 2. The van der Waals surface area contributed by atoms with E-state index >= 15 is 0 Å². The highest BCUT2D eigenvalue weighted by atomic mass is 32.2. The maximum Gasteiger partial charge on any atom is 0.407 e. The highest BCUT2D eigenvalue weighted by Crippen LogP contribution is 2.23. The van der Waals surface area contributed by atoms with E-state index in [-0.39, 0.29) is 49.5 Å². The number of imide groups is 1. The average molecular weight is 676 g/mol. The van der Waals surface area contributed by atoms with Crippen LogP contribution in [0.2, 0.25) is 0 Å². The maximum atomic E-state index is 13.3. The lowest BCUT2D eigenvalue weighted by Crippen LogP contribution is -2.53. The molecule has 0 saturated carbocycles. The summed E-state index contributed by atoms with van der Waals surface area (Å²) in [5, 5.41) is 12.5. The predicted molar refractivity (Wildman–Crippen MR) is 177 cm³/mol. The number of primary amides is 1. The van der Waals surface area contributed by atoms with E-state index in [1.54, 1.807) is 37.4 Å². The number of carbonyl (C=O) groups is 7. The van der Waals surface area contributed by atoms with Crippen LogP contribution in [-0.2, 0) is 35.3 Å². The number of benzene rings is 1. The molecule has 3 atom stereocenters. The molecule has 2 rings (SSSR count). The molecule has 1 fully saturated rings. The van der Waals surface area contributed by atoms with Gasteiger partial charge in [0.05, 0.1) is 5.25 Å². The van der Waals surface area contributed by atoms with Crippen LogP contribution in [-0.4, -0.2) is 90.3 Å². The molecule has 1 saturated heterocycles. The van der Waals surface area contributed by atoms with Crippen molar-refractivity contribution in [3.8, 4) is 0 Å². The summed E-state index contributed by atoms with van der Waals surface area (Å²) in [6.45, 7) is 5.92. The van der Waals surface area contributed by atoms with Crippen molar-refractivity contribution in [2.45, 2.75) is 75.8 Å². The number of rotatable bonds is 19. The van der Waals surface area contributed by atoms with Gasteiger partial charge in [-0.15, -0.1) is 0 Å². The molecule has 1 aromatic carbocycles. The smallest absolute Gasteiger partial charge is 0.407 e. The fraction of sp³-hybridized carbons (Fsp3) is 0.516. The van der Waals surface area contributed by atoms with Gasteiger partial charge in [-0.25, -0.2) is 9.59 Å². The van der Waals surface area contributed by atoms with Crippen molar-refractivity contribution in [2.75, 3.05) is 31.7 Å². The van der Waals surface area contributed by atoms with Crippen LogP contribution >= 0.6 is 11.8 Å². The van der Waals surface area contributed by atoms with Crippen LogP contribution in [0.1, 0.15) is 57.4 Å². The Morgan fingerprint density at radius 2 is 1.74 bits per heavy atom. The van der Waals surface area contributed by atoms with E-state index in [0.717, 1.165) is 0 Å². The normalized spacial score (nSPS) is 15.3. The van der Waals surface area contributed by atoms with Gasteiger partial charge in [0.2, 0.25) is 29.5 Å². The highest BCUT2D eigenvalue weighted by Gasteiger charge is 2.37.